The van der Waals surface area contributed by atoms with Gasteiger partial charge in [-0.2, -0.15) is 0 Å². The summed E-state index contributed by atoms with van der Waals surface area (Å²) in [6.45, 7) is 7.06. The van der Waals surface area contributed by atoms with Gasteiger partial charge in [0, 0.05) is 30.5 Å². The Morgan fingerprint density at radius 2 is 1.85 bits per heavy atom. The number of ether oxygens (including phenoxy) is 1. The molecule has 5 N–H and O–H groups in total. The lowest BCUT2D eigenvalue weighted by atomic mass is 9.83. The molecule has 178 valence electrons. The van der Waals surface area contributed by atoms with Crippen molar-refractivity contribution in [3.63, 3.8) is 0 Å². The predicted molar refractivity (Wildman–Crippen MR) is 129 cm³/mol. The first-order chi connectivity index (χ1) is 15.8. The highest BCUT2D eigenvalue weighted by Gasteiger charge is 2.29. The van der Waals surface area contributed by atoms with Gasteiger partial charge in [0.25, 0.3) is 5.91 Å². The zero-order valence-electron chi connectivity index (χ0n) is 19.4. The van der Waals surface area contributed by atoms with Crippen molar-refractivity contribution in [1.82, 2.24) is 9.97 Å². The van der Waals surface area contributed by atoms with Crippen LogP contribution < -0.4 is 21.3 Å². The number of nitrogens with two attached hydrogens (primary N) is 1. The molecule has 1 saturated heterocycles. The van der Waals surface area contributed by atoms with Crippen molar-refractivity contribution in [2.45, 2.75) is 57.6 Å². The number of morpholine rings is 1. The molecule has 1 aliphatic heterocycles. The largest absolute Gasteiger partial charge is 0.390 e. The first-order valence-corrected chi connectivity index (χ1v) is 11.7. The van der Waals surface area contributed by atoms with E-state index in [2.05, 4.69) is 20.5 Å². The lowest BCUT2D eigenvalue weighted by molar-refractivity contribution is 0.0196. The first kappa shape index (κ1) is 23.3. The van der Waals surface area contributed by atoms with Crippen LogP contribution in [0.5, 0.6) is 0 Å². The summed E-state index contributed by atoms with van der Waals surface area (Å²) in [6.07, 6.45) is 3.79. The molecule has 9 heteroatoms. The number of hydrogen-bond acceptors (Lipinski definition) is 8. The highest BCUT2D eigenvalue weighted by Crippen LogP contribution is 2.31. The van der Waals surface area contributed by atoms with Crippen LogP contribution in [-0.4, -0.2) is 58.9 Å². The van der Waals surface area contributed by atoms with Crippen LogP contribution in [0.1, 0.15) is 55.7 Å². The molecule has 2 aromatic rings. The van der Waals surface area contributed by atoms with Crippen LogP contribution in [0.3, 0.4) is 0 Å². The van der Waals surface area contributed by atoms with E-state index in [0.29, 0.717) is 23.8 Å². The molecule has 1 aliphatic carbocycles. The van der Waals surface area contributed by atoms with Crippen LogP contribution in [0.4, 0.5) is 23.0 Å². The van der Waals surface area contributed by atoms with Crippen LogP contribution in [0, 0.1) is 0 Å². The van der Waals surface area contributed by atoms with Crippen LogP contribution >= 0.6 is 0 Å². The van der Waals surface area contributed by atoms with E-state index in [9.17, 15) is 9.90 Å². The molecular formula is C24H34N6O3. The summed E-state index contributed by atoms with van der Waals surface area (Å²) >= 11 is 0. The van der Waals surface area contributed by atoms with E-state index in [-0.39, 0.29) is 11.7 Å². The fourth-order valence-electron chi connectivity index (χ4n) is 4.38. The Bertz CT molecular complexity index is 963. The monoisotopic (exact) mass is 454 g/mol. The smallest absolute Gasteiger partial charge is 0.271 e. The van der Waals surface area contributed by atoms with Crippen molar-refractivity contribution in [2.75, 3.05) is 41.8 Å². The minimum Gasteiger partial charge on any atom is -0.390 e. The van der Waals surface area contributed by atoms with Gasteiger partial charge >= 0.3 is 0 Å². The Balaban J connectivity index is 1.54. The van der Waals surface area contributed by atoms with Gasteiger partial charge in [0.2, 0.25) is 0 Å². The summed E-state index contributed by atoms with van der Waals surface area (Å²) in [5, 5.41) is 17.0. The maximum absolute atomic E-state index is 12.1. The normalized spacial score (nSPS) is 23.2. The summed E-state index contributed by atoms with van der Waals surface area (Å²) < 4.78 is 5.42. The minimum absolute atomic E-state index is 0.126. The molecule has 4 rings (SSSR count). The average Bonchev–Trinajstić information content (AvgIpc) is 2.81. The third-order valence-corrected chi connectivity index (χ3v) is 6.45. The molecule has 0 spiro atoms. The molecule has 2 fully saturated rings. The lowest BCUT2D eigenvalue weighted by Crippen LogP contribution is -2.36. The number of primary amides is 1. The van der Waals surface area contributed by atoms with E-state index in [0.717, 1.165) is 63.4 Å². The van der Waals surface area contributed by atoms with Crippen molar-refractivity contribution in [2.24, 2.45) is 5.73 Å². The van der Waals surface area contributed by atoms with Gasteiger partial charge in [-0.1, -0.05) is 6.92 Å². The summed E-state index contributed by atoms with van der Waals surface area (Å²) in [4.78, 5) is 23.7. The van der Waals surface area contributed by atoms with Gasteiger partial charge in [-0.25, -0.2) is 9.97 Å². The third-order valence-electron chi connectivity index (χ3n) is 6.45. The molecule has 0 unspecified atom stereocenters. The average molecular weight is 455 g/mol. The van der Waals surface area contributed by atoms with Gasteiger partial charge in [-0.3, -0.25) is 4.79 Å². The molecule has 2 heterocycles. The number of carbonyl (C=O) groups is 1. The highest BCUT2D eigenvalue weighted by molar-refractivity contribution is 5.96. The van der Waals surface area contributed by atoms with Crippen LogP contribution in [0.15, 0.2) is 24.3 Å². The summed E-state index contributed by atoms with van der Waals surface area (Å²) in [6, 6.07) is 8.20. The van der Waals surface area contributed by atoms with E-state index in [1.807, 2.05) is 38.1 Å². The topological polar surface area (TPSA) is 126 Å². The van der Waals surface area contributed by atoms with E-state index < -0.39 is 11.5 Å². The van der Waals surface area contributed by atoms with Crippen molar-refractivity contribution in [3.05, 3.63) is 35.7 Å². The van der Waals surface area contributed by atoms with E-state index in [4.69, 9.17) is 15.5 Å². The third kappa shape index (κ3) is 5.72. The molecule has 1 saturated carbocycles. The van der Waals surface area contributed by atoms with Gasteiger partial charge in [0.1, 0.15) is 5.82 Å². The molecule has 33 heavy (non-hydrogen) atoms. The zero-order valence-corrected chi connectivity index (χ0v) is 19.4. The van der Waals surface area contributed by atoms with Crippen molar-refractivity contribution >= 4 is 28.9 Å². The molecule has 1 aromatic heterocycles. The molecule has 0 atom stereocenters. The standard InChI is InChI=1S/C24H34N6O3/c1-3-19-22(26-17-8-10-24(2,32)11-9-17)29-23(20(28-19)21(25)31)27-16-4-6-18(7-5-16)30-12-14-33-15-13-30/h4-7,17,32H,3,8-15H2,1-2H3,(H2,25,31)(H2,26,27,29). The number of rotatable bonds is 7. The lowest BCUT2D eigenvalue weighted by Gasteiger charge is -2.34. The zero-order chi connectivity index (χ0) is 23.4. The number of aliphatic hydroxyl groups is 1. The SMILES string of the molecule is CCc1nc(C(N)=O)c(Nc2ccc(N3CCOCC3)cc2)nc1NC1CCC(C)(O)CC1. The summed E-state index contributed by atoms with van der Waals surface area (Å²) in [5.74, 6) is 0.371. The second-order valence-electron chi connectivity index (χ2n) is 9.12. The maximum Gasteiger partial charge on any atom is 0.271 e. The van der Waals surface area contributed by atoms with Gasteiger partial charge in [-0.15, -0.1) is 0 Å². The number of amides is 1. The molecule has 1 amide bonds. The number of anilines is 4. The fraction of sp³-hybridized carbons (Fsp3) is 0.542. The van der Waals surface area contributed by atoms with E-state index >= 15 is 0 Å². The predicted octanol–water partition coefficient (Wildman–Crippen LogP) is 2.82. The van der Waals surface area contributed by atoms with Crippen molar-refractivity contribution < 1.29 is 14.6 Å². The van der Waals surface area contributed by atoms with Gasteiger partial charge in [0.15, 0.2) is 11.5 Å². The second-order valence-corrected chi connectivity index (χ2v) is 9.12. The van der Waals surface area contributed by atoms with Crippen LogP contribution in [0.25, 0.3) is 0 Å². The summed E-state index contributed by atoms with van der Waals surface area (Å²) in [5.41, 5.74) is 7.78. The molecule has 0 radical (unpaired) electrons. The fourth-order valence-corrected chi connectivity index (χ4v) is 4.38. The van der Waals surface area contributed by atoms with Crippen molar-refractivity contribution in [3.8, 4) is 0 Å². The van der Waals surface area contributed by atoms with Gasteiger partial charge in [0.05, 0.1) is 24.5 Å². The molecule has 2 aliphatic rings. The molecule has 1 aromatic carbocycles. The number of nitrogens with zero attached hydrogens (tertiary/aromatic N) is 3. The molecular weight excluding hydrogens is 420 g/mol. The van der Waals surface area contributed by atoms with E-state index in [1.54, 1.807) is 0 Å². The molecule has 0 bridgehead atoms. The summed E-state index contributed by atoms with van der Waals surface area (Å²) in [7, 11) is 0. The molecule has 9 nitrogen and oxygen atoms in total. The first-order valence-electron chi connectivity index (χ1n) is 11.7. The number of benzene rings is 1. The number of aryl methyl sites for hydroxylation is 1. The maximum atomic E-state index is 12.1. The van der Waals surface area contributed by atoms with Crippen LogP contribution in [-0.2, 0) is 11.2 Å². The Kier molecular flexibility index (Phi) is 6.99. The minimum atomic E-state index is -0.620. The Morgan fingerprint density at radius 1 is 1.18 bits per heavy atom. The Hall–Kier alpha value is -2.91. The quantitative estimate of drug-likeness (QED) is 0.503. The number of aromatic nitrogens is 2. The Morgan fingerprint density at radius 3 is 2.45 bits per heavy atom. The van der Waals surface area contributed by atoms with E-state index in [1.165, 1.54) is 0 Å². The number of nitrogens with one attached hydrogen (secondary N) is 2. The van der Waals surface area contributed by atoms with Gasteiger partial charge < -0.3 is 31.1 Å². The van der Waals surface area contributed by atoms with Crippen LogP contribution in [0.2, 0.25) is 0 Å². The second kappa shape index (κ2) is 9.93. The number of hydrogen-bond donors (Lipinski definition) is 4. The van der Waals surface area contributed by atoms with Gasteiger partial charge in [-0.05, 0) is 63.3 Å². The number of carbonyl (C=O) groups excluding carboxylic acids is 1. The highest BCUT2D eigenvalue weighted by atomic mass is 16.5. The Labute approximate surface area is 194 Å². The van der Waals surface area contributed by atoms with Crippen molar-refractivity contribution in [1.29, 1.82) is 0 Å².